The lowest BCUT2D eigenvalue weighted by Crippen LogP contribution is -2.50. The topological polar surface area (TPSA) is 89.4 Å². The van der Waals surface area contributed by atoms with E-state index < -0.39 is 6.04 Å². The first-order valence-electron chi connectivity index (χ1n) is 7.28. The van der Waals surface area contributed by atoms with Crippen LogP contribution in [0.1, 0.15) is 46.0 Å². The van der Waals surface area contributed by atoms with Crippen LogP contribution in [0, 0.1) is 11.8 Å². The van der Waals surface area contributed by atoms with Crippen molar-refractivity contribution >= 4 is 11.8 Å². The van der Waals surface area contributed by atoms with Gasteiger partial charge >= 0.3 is 0 Å². The second-order valence-corrected chi connectivity index (χ2v) is 5.71. The van der Waals surface area contributed by atoms with Crippen LogP contribution in [0.3, 0.4) is 0 Å². The van der Waals surface area contributed by atoms with Crippen molar-refractivity contribution < 1.29 is 9.59 Å². The molecule has 0 aromatic heterocycles. The fourth-order valence-electron chi connectivity index (χ4n) is 2.56. The first kappa shape index (κ1) is 16.0. The lowest BCUT2D eigenvalue weighted by atomic mass is 9.91. The van der Waals surface area contributed by atoms with Gasteiger partial charge in [0, 0.05) is 19.5 Å². The first-order valence-corrected chi connectivity index (χ1v) is 7.28. The first-order chi connectivity index (χ1) is 8.95. The lowest BCUT2D eigenvalue weighted by molar-refractivity contribution is -0.135. The molecule has 1 aliphatic rings. The number of carbonyl (C=O) groups is 2. The van der Waals surface area contributed by atoms with Gasteiger partial charge in [-0.3, -0.25) is 9.59 Å². The Kier molecular flexibility index (Phi) is 6.28. The van der Waals surface area contributed by atoms with Crippen LogP contribution in [-0.4, -0.2) is 35.8 Å². The van der Waals surface area contributed by atoms with Gasteiger partial charge in [0.25, 0.3) is 0 Å². The van der Waals surface area contributed by atoms with E-state index in [1.807, 2.05) is 18.7 Å². The fraction of sp³-hybridized carbons (Fsp3) is 0.857. The number of primary amides is 1. The molecule has 0 saturated carbocycles. The van der Waals surface area contributed by atoms with Gasteiger partial charge in [0.05, 0.1) is 6.04 Å². The van der Waals surface area contributed by atoms with Crippen LogP contribution in [0.15, 0.2) is 0 Å². The second kappa shape index (κ2) is 7.48. The summed E-state index contributed by atoms with van der Waals surface area (Å²) in [7, 11) is 0. The highest BCUT2D eigenvalue weighted by molar-refractivity contribution is 5.82. The highest BCUT2D eigenvalue weighted by Gasteiger charge is 2.29. The molecule has 19 heavy (non-hydrogen) atoms. The van der Waals surface area contributed by atoms with Crippen molar-refractivity contribution in [2.75, 3.05) is 13.1 Å². The molecule has 5 heteroatoms. The third-order valence-corrected chi connectivity index (χ3v) is 4.17. The molecular weight excluding hydrogens is 242 g/mol. The SMILES string of the molecule is CCC(C)C(N)C(=O)N1CCCC(CCC(N)=O)C1. The maximum absolute atomic E-state index is 12.3. The lowest BCUT2D eigenvalue weighted by Gasteiger charge is -2.35. The van der Waals surface area contributed by atoms with Gasteiger partial charge in [0.2, 0.25) is 11.8 Å². The summed E-state index contributed by atoms with van der Waals surface area (Å²) >= 11 is 0. The number of carbonyl (C=O) groups excluding carboxylic acids is 2. The van der Waals surface area contributed by atoms with Crippen molar-refractivity contribution in [2.45, 2.75) is 52.0 Å². The van der Waals surface area contributed by atoms with E-state index in [1.165, 1.54) is 0 Å². The number of hydrogen-bond acceptors (Lipinski definition) is 3. The summed E-state index contributed by atoms with van der Waals surface area (Å²) in [4.78, 5) is 25.0. The molecule has 0 spiro atoms. The molecule has 3 atom stereocenters. The van der Waals surface area contributed by atoms with Crippen molar-refractivity contribution in [3.63, 3.8) is 0 Å². The zero-order chi connectivity index (χ0) is 14.4. The van der Waals surface area contributed by atoms with Crippen molar-refractivity contribution in [1.82, 2.24) is 4.90 Å². The van der Waals surface area contributed by atoms with Crippen LogP contribution in [0.25, 0.3) is 0 Å². The van der Waals surface area contributed by atoms with E-state index >= 15 is 0 Å². The quantitative estimate of drug-likeness (QED) is 0.749. The summed E-state index contributed by atoms with van der Waals surface area (Å²) in [6.45, 7) is 5.56. The molecular formula is C14H27N3O2. The Morgan fingerprint density at radius 3 is 2.68 bits per heavy atom. The van der Waals surface area contributed by atoms with Gasteiger partial charge in [0.1, 0.15) is 0 Å². The number of nitrogens with zero attached hydrogens (tertiary/aromatic N) is 1. The molecule has 110 valence electrons. The third kappa shape index (κ3) is 4.82. The molecule has 0 bridgehead atoms. The van der Waals surface area contributed by atoms with E-state index in [4.69, 9.17) is 11.5 Å². The van der Waals surface area contributed by atoms with Crippen LogP contribution >= 0.6 is 0 Å². The Morgan fingerprint density at radius 1 is 1.42 bits per heavy atom. The van der Waals surface area contributed by atoms with Gasteiger partial charge in [0.15, 0.2) is 0 Å². The summed E-state index contributed by atoms with van der Waals surface area (Å²) < 4.78 is 0. The molecule has 3 unspecified atom stereocenters. The molecule has 4 N–H and O–H groups in total. The normalized spacial score (nSPS) is 22.9. The van der Waals surface area contributed by atoms with Crippen LogP contribution in [0.5, 0.6) is 0 Å². The molecule has 0 radical (unpaired) electrons. The van der Waals surface area contributed by atoms with E-state index in [-0.39, 0.29) is 17.7 Å². The number of hydrogen-bond donors (Lipinski definition) is 2. The van der Waals surface area contributed by atoms with E-state index in [0.717, 1.165) is 38.8 Å². The Labute approximate surface area is 115 Å². The molecule has 1 heterocycles. The highest BCUT2D eigenvalue weighted by Crippen LogP contribution is 2.22. The van der Waals surface area contributed by atoms with E-state index in [2.05, 4.69) is 0 Å². The smallest absolute Gasteiger partial charge is 0.239 e. The Hall–Kier alpha value is -1.10. The molecule has 1 saturated heterocycles. The van der Waals surface area contributed by atoms with Gasteiger partial charge in [-0.25, -0.2) is 0 Å². The summed E-state index contributed by atoms with van der Waals surface area (Å²) in [5, 5.41) is 0. The summed E-state index contributed by atoms with van der Waals surface area (Å²) in [5.74, 6) is 0.380. The van der Waals surface area contributed by atoms with Crippen LogP contribution < -0.4 is 11.5 Å². The minimum atomic E-state index is -0.403. The Morgan fingerprint density at radius 2 is 2.11 bits per heavy atom. The van der Waals surface area contributed by atoms with E-state index in [9.17, 15) is 9.59 Å². The second-order valence-electron chi connectivity index (χ2n) is 5.71. The molecule has 1 aliphatic heterocycles. The minimum absolute atomic E-state index is 0.0538. The van der Waals surface area contributed by atoms with Crippen molar-refractivity contribution in [1.29, 1.82) is 0 Å². The molecule has 1 rings (SSSR count). The van der Waals surface area contributed by atoms with E-state index in [1.54, 1.807) is 0 Å². The zero-order valence-electron chi connectivity index (χ0n) is 12.1. The number of nitrogens with two attached hydrogens (primary N) is 2. The van der Waals surface area contributed by atoms with Crippen LogP contribution in [0.2, 0.25) is 0 Å². The fourth-order valence-corrected chi connectivity index (χ4v) is 2.56. The molecule has 5 nitrogen and oxygen atoms in total. The van der Waals surface area contributed by atoms with Gasteiger partial charge in [-0.15, -0.1) is 0 Å². The predicted octanol–water partition coefficient (Wildman–Crippen LogP) is 0.864. The standard InChI is InChI=1S/C14H27N3O2/c1-3-10(2)13(16)14(19)17-8-4-5-11(9-17)6-7-12(15)18/h10-11,13H,3-9,16H2,1-2H3,(H2,15,18). The van der Waals surface area contributed by atoms with Crippen molar-refractivity contribution in [3.05, 3.63) is 0 Å². The molecule has 0 aliphatic carbocycles. The van der Waals surface area contributed by atoms with Gasteiger partial charge in [-0.05, 0) is 31.1 Å². The number of rotatable bonds is 6. The molecule has 0 aromatic carbocycles. The highest BCUT2D eigenvalue weighted by atomic mass is 16.2. The number of likely N-dealkylation sites (tertiary alicyclic amines) is 1. The maximum atomic E-state index is 12.3. The summed E-state index contributed by atoms with van der Waals surface area (Å²) in [5.41, 5.74) is 11.2. The van der Waals surface area contributed by atoms with Gasteiger partial charge in [-0.2, -0.15) is 0 Å². The summed E-state index contributed by atoms with van der Waals surface area (Å²) in [6.07, 6.45) is 4.14. The maximum Gasteiger partial charge on any atom is 0.239 e. The Balaban J connectivity index is 2.49. The van der Waals surface area contributed by atoms with Gasteiger partial charge < -0.3 is 16.4 Å². The monoisotopic (exact) mass is 269 g/mol. The van der Waals surface area contributed by atoms with Crippen molar-refractivity contribution in [2.24, 2.45) is 23.3 Å². The summed E-state index contributed by atoms with van der Waals surface area (Å²) in [6, 6.07) is -0.403. The van der Waals surface area contributed by atoms with Crippen LogP contribution in [-0.2, 0) is 9.59 Å². The van der Waals surface area contributed by atoms with Crippen LogP contribution in [0.4, 0.5) is 0 Å². The van der Waals surface area contributed by atoms with E-state index in [0.29, 0.717) is 12.3 Å². The largest absolute Gasteiger partial charge is 0.370 e. The van der Waals surface area contributed by atoms with Gasteiger partial charge in [-0.1, -0.05) is 20.3 Å². The molecule has 1 fully saturated rings. The average molecular weight is 269 g/mol. The third-order valence-electron chi connectivity index (χ3n) is 4.17. The number of amides is 2. The Bertz CT molecular complexity index is 320. The van der Waals surface area contributed by atoms with Crippen molar-refractivity contribution in [3.8, 4) is 0 Å². The predicted molar refractivity (Wildman–Crippen MR) is 75.2 cm³/mol. The average Bonchev–Trinajstić information content (AvgIpc) is 2.42. The number of piperidine rings is 1. The zero-order valence-corrected chi connectivity index (χ0v) is 12.1. The molecule has 0 aromatic rings. The minimum Gasteiger partial charge on any atom is -0.370 e. The molecule has 2 amide bonds.